The maximum Gasteiger partial charge on any atom is 0.316 e. The fraction of sp³-hybridized carbons (Fsp3) is 0.417. The summed E-state index contributed by atoms with van der Waals surface area (Å²) in [4.78, 5) is 12.2. The molecule has 88 valence electrons. The molecule has 1 unspecified atom stereocenters. The minimum Gasteiger partial charge on any atom is -0.465 e. The van der Waals surface area contributed by atoms with Crippen molar-refractivity contribution in [2.75, 3.05) is 12.4 Å². The monoisotopic (exact) mass is 239 g/mol. The van der Waals surface area contributed by atoms with Gasteiger partial charge in [0.05, 0.1) is 12.4 Å². The highest BCUT2D eigenvalue weighted by atomic mass is 32.2. The van der Waals surface area contributed by atoms with Gasteiger partial charge in [-0.1, -0.05) is 12.1 Å². The van der Waals surface area contributed by atoms with Gasteiger partial charge in [0, 0.05) is 10.9 Å². The molecule has 0 aliphatic rings. The fourth-order valence-corrected chi connectivity index (χ4v) is 1.91. The highest BCUT2D eigenvalue weighted by Gasteiger charge is 2.04. The van der Waals surface area contributed by atoms with Crippen LogP contribution in [-0.2, 0) is 9.53 Å². The van der Waals surface area contributed by atoms with E-state index in [0.29, 0.717) is 12.4 Å². The van der Waals surface area contributed by atoms with Crippen LogP contribution in [0, 0.1) is 0 Å². The predicted molar refractivity (Wildman–Crippen MR) is 66.4 cm³/mol. The van der Waals surface area contributed by atoms with Crippen LogP contribution in [0.4, 0.5) is 0 Å². The summed E-state index contributed by atoms with van der Waals surface area (Å²) in [6, 6.07) is 7.96. The number of esters is 1. The van der Waals surface area contributed by atoms with Crippen LogP contribution in [0.15, 0.2) is 29.2 Å². The minimum absolute atomic E-state index is 0.0455. The third-order valence-electron chi connectivity index (χ3n) is 2.07. The lowest BCUT2D eigenvalue weighted by molar-refractivity contribution is -0.139. The first-order valence-corrected chi connectivity index (χ1v) is 6.26. The smallest absolute Gasteiger partial charge is 0.316 e. The van der Waals surface area contributed by atoms with Gasteiger partial charge in [0.1, 0.15) is 0 Å². The second-order valence-corrected chi connectivity index (χ2v) is 4.50. The van der Waals surface area contributed by atoms with Crippen LogP contribution >= 0.6 is 11.8 Å². The van der Waals surface area contributed by atoms with Gasteiger partial charge in [-0.2, -0.15) is 0 Å². The van der Waals surface area contributed by atoms with E-state index in [0.717, 1.165) is 10.5 Å². The number of ether oxygens (including phenoxy) is 1. The van der Waals surface area contributed by atoms with Crippen LogP contribution in [0.1, 0.15) is 25.5 Å². The summed E-state index contributed by atoms with van der Waals surface area (Å²) in [5.74, 6) is 0.175. The van der Waals surface area contributed by atoms with Gasteiger partial charge in [-0.25, -0.2) is 0 Å². The number of carbonyl (C=O) groups excluding carboxylic acids is 1. The molecule has 0 fully saturated rings. The van der Waals surface area contributed by atoms with Crippen molar-refractivity contribution in [2.45, 2.75) is 24.8 Å². The molecule has 1 aromatic carbocycles. The number of thioether (sulfide) groups is 1. The zero-order valence-electron chi connectivity index (χ0n) is 9.60. The number of hydrogen-bond acceptors (Lipinski definition) is 4. The number of benzene rings is 1. The van der Waals surface area contributed by atoms with Gasteiger partial charge in [0.25, 0.3) is 0 Å². The number of nitrogens with two attached hydrogens (primary N) is 1. The Morgan fingerprint density at radius 1 is 1.44 bits per heavy atom. The average Bonchev–Trinajstić information content (AvgIpc) is 2.27. The summed E-state index contributed by atoms with van der Waals surface area (Å²) in [5, 5.41) is 0. The predicted octanol–water partition coefficient (Wildman–Crippen LogP) is 2.36. The standard InChI is InChI=1S/C12H17NO2S/c1-3-15-12(14)8-16-11-6-4-10(5-7-11)9(2)13/h4-7,9H,3,8,13H2,1-2H3. The molecule has 0 aliphatic heterocycles. The summed E-state index contributed by atoms with van der Waals surface area (Å²) in [7, 11) is 0. The van der Waals surface area contributed by atoms with Gasteiger partial charge in [-0.3, -0.25) is 4.79 Å². The van der Waals surface area contributed by atoms with Gasteiger partial charge in [0.2, 0.25) is 0 Å². The first kappa shape index (κ1) is 13.1. The van der Waals surface area contributed by atoms with Crippen molar-refractivity contribution < 1.29 is 9.53 Å². The van der Waals surface area contributed by atoms with Crippen molar-refractivity contribution in [3.05, 3.63) is 29.8 Å². The van der Waals surface area contributed by atoms with Gasteiger partial charge in [-0.05, 0) is 31.5 Å². The van der Waals surface area contributed by atoms with E-state index in [1.54, 1.807) is 6.92 Å². The molecule has 0 saturated heterocycles. The molecule has 1 aromatic rings. The number of carbonyl (C=O) groups is 1. The molecule has 0 spiro atoms. The molecule has 0 amide bonds. The Labute approximate surface area is 100 Å². The van der Waals surface area contributed by atoms with Crippen molar-refractivity contribution in [1.29, 1.82) is 0 Å². The molecule has 0 aliphatic carbocycles. The Balaban J connectivity index is 2.46. The van der Waals surface area contributed by atoms with E-state index < -0.39 is 0 Å². The first-order chi connectivity index (χ1) is 7.63. The van der Waals surface area contributed by atoms with E-state index in [1.165, 1.54) is 11.8 Å². The molecular formula is C12H17NO2S. The van der Waals surface area contributed by atoms with E-state index in [2.05, 4.69) is 0 Å². The second kappa shape index (κ2) is 6.55. The van der Waals surface area contributed by atoms with Crippen LogP contribution in [0.2, 0.25) is 0 Å². The van der Waals surface area contributed by atoms with Crippen LogP contribution in [0.3, 0.4) is 0 Å². The number of hydrogen-bond donors (Lipinski definition) is 1. The molecule has 16 heavy (non-hydrogen) atoms. The van der Waals surface area contributed by atoms with Gasteiger partial charge >= 0.3 is 5.97 Å². The second-order valence-electron chi connectivity index (χ2n) is 3.45. The Hall–Kier alpha value is -1.00. The molecule has 1 atom stereocenters. The lowest BCUT2D eigenvalue weighted by Crippen LogP contribution is -2.06. The van der Waals surface area contributed by atoms with Gasteiger partial charge in [-0.15, -0.1) is 11.8 Å². The molecule has 0 bridgehead atoms. The van der Waals surface area contributed by atoms with E-state index in [1.807, 2.05) is 31.2 Å². The van der Waals surface area contributed by atoms with E-state index in [9.17, 15) is 4.79 Å². The summed E-state index contributed by atoms with van der Waals surface area (Å²) < 4.78 is 4.85. The minimum atomic E-state index is -0.177. The van der Waals surface area contributed by atoms with Crippen molar-refractivity contribution in [3.8, 4) is 0 Å². The Morgan fingerprint density at radius 2 is 2.06 bits per heavy atom. The zero-order valence-corrected chi connectivity index (χ0v) is 10.4. The van der Waals surface area contributed by atoms with Gasteiger partial charge in [0.15, 0.2) is 0 Å². The zero-order chi connectivity index (χ0) is 12.0. The summed E-state index contributed by atoms with van der Waals surface area (Å²) in [5.41, 5.74) is 6.84. The highest BCUT2D eigenvalue weighted by Crippen LogP contribution is 2.20. The normalized spacial score (nSPS) is 12.2. The molecule has 0 aromatic heterocycles. The van der Waals surface area contributed by atoms with Crippen molar-refractivity contribution in [1.82, 2.24) is 0 Å². The third kappa shape index (κ3) is 4.24. The van der Waals surface area contributed by atoms with Crippen molar-refractivity contribution >= 4 is 17.7 Å². The summed E-state index contributed by atoms with van der Waals surface area (Å²) >= 11 is 1.47. The largest absolute Gasteiger partial charge is 0.465 e. The average molecular weight is 239 g/mol. The molecule has 0 heterocycles. The summed E-state index contributed by atoms with van der Waals surface area (Å²) in [6.07, 6.45) is 0. The molecule has 0 radical (unpaired) electrons. The molecule has 3 nitrogen and oxygen atoms in total. The molecule has 2 N–H and O–H groups in total. The van der Waals surface area contributed by atoms with Crippen LogP contribution in [0.25, 0.3) is 0 Å². The van der Waals surface area contributed by atoms with Crippen molar-refractivity contribution in [3.63, 3.8) is 0 Å². The van der Waals surface area contributed by atoms with E-state index in [4.69, 9.17) is 10.5 Å². The van der Waals surface area contributed by atoms with Crippen LogP contribution in [0.5, 0.6) is 0 Å². The Morgan fingerprint density at radius 3 is 2.56 bits per heavy atom. The molecule has 4 heteroatoms. The third-order valence-corrected chi connectivity index (χ3v) is 3.05. The summed E-state index contributed by atoms with van der Waals surface area (Å²) in [6.45, 7) is 4.18. The lowest BCUT2D eigenvalue weighted by Gasteiger charge is -2.06. The maximum atomic E-state index is 11.1. The van der Waals surface area contributed by atoms with Crippen LogP contribution in [-0.4, -0.2) is 18.3 Å². The lowest BCUT2D eigenvalue weighted by atomic mass is 10.1. The van der Waals surface area contributed by atoms with E-state index in [-0.39, 0.29) is 12.0 Å². The Bertz CT molecular complexity index is 335. The maximum absolute atomic E-state index is 11.1. The van der Waals surface area contributed by atoms with Crippen LogP contribution < -0.4 is 5.73 Å². The van der Waals surface area contributed by atoms with E-state index >= 15 is 0 Å². The van der Waals surface area contributed by atoms with Gasteiger partial charge < -0.3 is 10.5 Å². The first-order valence-electron chi connectivity index (χ1n) is 5.27. The molecular weight excluding hydrogens is 222 g/mol. The Kier molecular flexibility index (Phi) is 5.35. The molecule has 1 rings (SSSR count). The number of rotatable bonds is 5. The molecule has 0 saturated carbocycles. The topological polar surface area (TPSA) is 52.3 Å². The SMILES string of the molecule is CCOC(=O)CSc1ccc(C(C)N)cc1. The highest BCUT2D eigenvalue weighted by molar-refractivity contribution is 8.00. The van der Waals surface area contributed by atoms with Crippen molar-refractivity contribution in [2.24, 2.45) is 5.73 Å². The fourth-order valence-electron chi connectivity index (χ4n) is 1.21. The quantitative estimate of drug-likeness (QED) is 0.633.